The molecular formula is C14H21NS. The molecule has 0 aromatic heterocycles. The quantitative estimate of drug-likeness (QED) is 0.813. The molecule has 1 aromatic rings. The van der Waals surface area contributed by atoms with Crippen LogP contribution in [0.5, 0.6) is 0 Å². The normalized spacial score (nSPS) is 12.6. The zero-order valence-electron chi connectivity index (χ0n) is 10.8. The van der Waals surface area contributed by atoms with Gasteiger partial charge in [0.15, 0.2) is 0 Å². The SMILES string of the molecule is Cc1cc(C)c(C)c(CC(C)C(N)=S)c1C. The fourth-order valence-electron chi connectivity index (χ4n) is 2.01. The van der Waals surface area contributed by atoms with Crippen LogP contribution in [0.1, 0.15) is 34.7 Å². The lowest BCUT2D eigenvalue weighted by atomic mass is 9.88. The smallest absolute Gasteiger partial charge is 0.0759 e. The molecule has 1 rings (SSSR count). The van der Waals surface area contributed by atoms with Crippen molar-refractivity contribution in [1.82, 2.24) is 0 Å². The number of hydrogen-bond acceptors (Lipinski definition) is 1. The molecule has 0 aliphatic rings. The van der Waals surface area contributed by atoms with E-state index in [1.54, 1.807) is 0 Å². The molecule has 0 heterocycles. The summed E-state index contributed by atoms with van der Waals surface area (Å²) in [7, 11) is 0. The Bertz CT molecular complexity index is 395. The third-order valence-electron chi connectivity index (χ3n) is 3.52. The maximum Gasteiger partial charge on any atom is 0.0759 e. The number of aryl methyl sites for hydroxylation is 2. The first-order valence-corrected chi connectivity index (χ1v) is 6.11. The van der Waals surface area contributed by atoms with Gasteiger partial charge in [0, 0.05) is 5.92 Å². The second kappa shape index (κ2) is 4.96. The Balaban J connectivity index is 3.17. The Hall–Kier alpha value is -0.890. The summed E-state index contributed by atoms with van der Waals surface area (Å²) in [6.07, 6.45) is 0.954. The monoisotopic (exact) mass is 235 g/mol. The summed E-state index contributed by atoms with van der Waals surface area (Å²) in [4.78, 5) is 0.609. The molecule has 0 saturated heterocycles. The van der Waals surface area contributed by atoms with Gasteiger partial charge >= 0.3 is 0 Å². The van der Waals surface area contributed by atoms with Crippen LogP contribution in [0.4, 0.5) is 0 Å². The fourth-order valence-corrected chi connectivity index (χ4v) is 2.09. The number of benzene rings is 1. The average molecular weight is 235 g/mol. The molecule has 0 saturated carbocycles. The highest BCUT2D eigenvalue weighted by atomic mass is 32.1. The van der Waals surface area contributed by atoms with Gasteiger partial charge in [0.2, 0.25) is 0 Å². The van der Waals surface area contributed by atoms with Crippen LogP contribution in [0.15, 0.2) is 6.07 Å². The molecule has 0 amide bonds. The fraction of sp³-hybridized carbons (Fsp3) is 0.500. The molecule has 0 radical (unpaired) electrons. The van der Waals surface area contributed by atoms with Gasteiger partial charge in [-0.3, -0.25) is 0 Å². The molecule has 0 aliphatic heterocycles. The second-order valence-electron chi connectivity index (χ2n) is 4.75. The van der Waals surface area contributed by atoms with Crippen molar-refractivity contribution in [1.29, 1.82) is 0 Å². The van der Waals surface area contributed by atoms with E-state index in [1.165, 1.54) is 27.8 Å². The Morgan fingerprint density at radius 1 is 1.19 bits per heavy atom. The van der Waals surface area contributed by atoms with E-state index in [-0.39, 0.29) is 5.92 Å². The molecule has 1 unspecified atom stereocenters. The predicted molar refractivity (Wildman–Crippen MR) is 75.0 cm³/mol. The number of rotatable bonds is 3. The molecule has 2 heteroatoms. The molecule has 0 fully saturated rings. The minimum atomic E-state index is 0.272. The molecule has 88 valence electrons. The first-order valence-electron chi connectivity index (χ1n) is 5.70. The second-order valence-corrected chi connectivity index (χ2v) is 5.22. The molecule has 0 bridgehead atoms. The summed E-state index contributed by atoms with van der Waals surface area (Å²) in [5, 5.41) is 0. The van der Waals surface area contributed by atoms with Gasteiger partial charge in [0.05, 0.1) is 4.99 Å². The van der Waals surface area contributed by atoms with Crippen LogP contribution in [-0.2, 0) is 6.42 Å². The molecule has 16 heavy (non-hydrogen) atoms. The Morgan fingerprint density at radius 3 is 2.00 bits per heavy atom. The highest BCUT2D eigenvalue weighted by molar-refractivity contribution is 7.80. The van der Waals surface area contributed by atoms with E-state index < -0.39 is 0 Å². The zero-order chi connectivity index (χ0) is 12.5. The van der Waals surface area contributed by atoms with Gasteiger partial charge in [-0.2, -0.15) is 0 Å². The molecular weight excluding hydrogens is 214 g/mol. The summed E-state index contributed by atoms with van der Waals surface area (Å²) < 4.78 is 0. The van der Waals surface area contributed by atoms with Crippen molar-refractivity contribution in [2.45, 2.75) is 41.0 Å². The van der Waals surface area contributed by atoms with Crippen molar-refractivity contribution < 1.29 is 0 Å². The lowest BCUT2D eigenvalue weighted by Gasteiger charge is -2.18. The standard InChI is InChI=1S/C14H21NS/c1-8-6-9(2)12(5)13(11(8)4)7-10(3)14(15)16/h6,10H,7H2,1-5H3,(H2,15,16). The van der Waals surface area contributed by atoms with E-state index in [2.05, 4.69) is 40.7 Å². The highest BCUT2D eigenvalue weighted by Gasteiger charge is 2.13. The lowest BCUT2D eigenvalue weighted by molar-refractivity contribution is 0.760. The third-order valence-corrected chi connectivity index (χ3v) is 3.92. The van der Waals surface area contributed by atoms with Crippen LogP contribution in [0, 0.1) is 33.6 Å². The van der Waals surface area contributed by atoms with Crippen LogP contribution in [0.25, 0.3) is 0 Å². The highest BCUT2D eigenvalue weighted by Crippen LogP contribution is 2.24. The average Bonchev–Trinajstić information content (AvgIpc) is 2.21. The van der Waals surface area contributed by atoms with E-state index in [4.69, 9.17) is 18.0 Å². The third kappa shape index (κ3) is 2.62. The minimum Gasteiger partial charge on any atom is -0.393 e. The molecule has 0 aliphatic carbocycles. The zero-order valence-corrected chi connectivity index (χ0v) is 11.7. The molecule has 1 atom stereocenters. The minimum absolute atomic E-state index is 0.272. The lowest BCUT2D eigenvalue weighted by Crippen LogP contribution is -2.21. The predicted octanol–water partition coefficient (Wildman–Crippen LogP) is 3.38. The van der Waals surface area contributed by atoms with Gasteiger partial charge in [0.1, 0.15) is 0 Å². The molecule has 1 aromatic carbocycles. The van der Waals surface area contributed by atoms with Crippen molar-refractivity contribution in [3.63, 3.8) is 0 Å². The largest absolute Gasteiger partial charge is 0.393 e. The Labute approximate surface area is 104 Å². The van der Waals surface area contributed by atoms with Gasteiger partial charge in [-0.05, 0) is 61.9 Å². The van der Waals surface area contributed by atoms with E-state index in [0.717, 1.165) is 6.42 Å². The summed E-state index contributed by atoms with van der Waals surface area (Å²) in [6, 6.07) is 2.25. The Kier molecular flexibility index (Phi) is 4.09. The van der Waals surface area contributed by atoms with E-state index in [0.29, 0.717) is 4.99 Å². The summed E-state index contributed by atoms with van der Waals surface area (Å²) in [5.41, 5.74) is 12.6. The van der Waals surface area contributed by atoms with Gasteiger partial charge in [-0.15, -0.1) is 0 Å². The van der Waals surface area contributed by atoms with E-state index >= 15 is 0 Å². The molecule has 2 N–H and O–H groups in total. The number of thiocarbonyl (C=S) groups is 1. The first-order chi connectivity index (χ1) is 7.34. The van der Waals surface area contributed by atoms with Crippen molar-refractivity contribution >= 4 is 17.2 Å². The number of hydrogen-bond donors (Lipinski definition) is 1. The first kappa shape index (κ1) is 13.2. The van der Waals surface area contributed by atoms with Gasteiger partial charge in [-0.1, -0.05) is 25.2 Å². The van der Waals surface area contributed by atoms with E-state index in [9.17, 15) is 0 Å². The molecule has 1 nitrogen and oxygen atoms in total. The van der Waals surface area contributed by atoms with Crippen molar-refractivity contribution in [2.75, 3.05) is 0 Å². The van der Waals surface area contributed by atoms with Crippen LogP contribution in [0.2, 0.25) is 0 Å². The topological polar surface area (TPSA) is 26.0 Å². The maximum absolute atomic E-state index is 5.69. The van der Waals surface area contributed by atoms with Crippen LogP contribution in [0.3, 0.4) is 0 Å². The van der Waals surface area contributed by atoms with Crippen LogP contribution in [-0.4, -0.2) is 4.99 Å². The van der Waals surface area contributed by atoms with Gasteiger partial charge < -0.3 is 5.73 Å². The van der Waals surface area contributed by atoms with Gasteiger partial charge in [0.25, 0.3) is 0 Å². The van der Waals surface area contributed by atoms with Gasteiger partial charge in [-0.25, -0.2) is 0 Å². The van der Waals surface area contributed by atoms with Crippen molar-refractivity contribution in [2.24, 2.45) is 11.7 Å². The summed E-state index contributed by atoms with van der Waals surface area (Å²) in [6.45, 7) is 10.8. The maximum atomic E-state index is 5.69. The summed E-state index contributed by atoms with van der Waals surface area (Å²) in [5.74, 6) is 0.272. The van der Waals surface area contributed by atoms with E-state index in [1.807, 2.05) is 0 Å². The number of nitrogens with two attached hydrogens (primary N) is 1. The van der Waals surface area contributed by atoms with Crippen LogP contribution < -0.4 is 5.73 Å². The summed E-state index contributed by atoms with van der Waals surface area (Å²) >= 11 is 5.05. The molecule has 0 spiro atoms. The van der Waals surface area contributed by atoms with Crippen molar-refractivity contribution in [3.05, 3.63) is 33.9 Å². The Morgan fingerprint density at radius 2 is 1.62 bits per heavy atom. The van der Waals surface area contributed by atoms with Crippen molar-refractivity contribution in [3.8, 4) is 0 Å². The van der Waals surface area contributed by atoms with Crippen LogP contribution >= 0.6 is 12.2 Å².